The molecule has 2 rings (SSSR count). The summed E-state index contributed by atoms with van der Waals surface area (Å²) in [4.78, 5) is 10.3. The molecule has 2 aromatic rings. The molecular weight excluding hydrogens is 310 g/mol. The van der Waals surface area contributed by atoms with Gasteiger partial charge in [-0.15, -0.1) is 0 Å². The van der Waals surface area contributed by atoms with Crippen LogP contribution in [0.5, 0.6) is 11.5 Å². The van der Waals surface area contributed by atoms with E-state index < -0.39 is 4.92 Å². The Bertz CT molecular complexity index is 795. The summed E-state index contributed by atoms with van der Waals surface area (Å²) in [5, 5.41) is 31.6. The maximum Gasteiger partial charge on any atom is 0.274 e. The molecule has 0 bridgehead atoms. The SMILES string of the molecule is CCc1n[nH]c(=S)n1/N=C/c1cc([N+](=O)[O-])cc(OC)c1O. The summed E-state index contributed by atoms with van der Waals surface area (Å²) in [5.74, 6) is 0.338. The first-order chi connectivity index (χ1) is 10.5. The van der Waals surface area contributed by atoms with Gasteiger partial charge in [-0.05, 0) is 12.2 Å². The average Bonchev–Trinajstić information content (AvgIpc) is 2.86. The van der Waals surface area contributed by atoms with Gasteiger partial charge in [-0.3, -0.25) is 15.2 Å². The van der Waals surface area contributed by atoms with Crippen LogP contribution in [0.25, 0.3) is 0 Å². The minimum atomic E-state index is -0.583. The fourth-order valence-electron chi connectivity index (χ4n) is 1.77. The molecule has 9 nitrogen and oxygen atoms in total. The van der Waals surface area contributed by atoms with Crippen LogP contribution in [0, 0.1) is 14.9 Å². The molecule has 1 aromatic carbocycles. The highest BCUT2D eigenvalue weighted by Crippen LogP contribution is 2.33. The maximum atomic E-state index is 10.9. The zero-order chi connectivity index (χ0) is 16.3. The van der Waals surface area contributed by atoms with Crippen molar-refractivity contribution in [3.63, 3.8) is 0 Å². The Morgan fingerprint density at radius 1 is 1.64 bits per heavy atom. The number of non-ortho nitro benzene ring substituents is 1. The van der Waals surface area contributed by atoms with Gasteiger partial charge in [0.15, 0.2) is 17.3 Å². The number of aryl methyl sites for hydroxylation is 1. The first-order valence-electron chi connectivity index (χ1n) is 6.24. The molecule has 0 unspecified atom stereocenters. The van der Waals surface area contributed by atoms with Crippen molar-refractivity contribution < 1.29 is 14.8 Å². The van der Waals surface area contributed by atoms with Crippen LogP contribution in [0.1, 0.15) is 18.3 Å². The number of hydrogen-bond donors (Lipinski definition) is 2. The van der Waals surface area contributed by atoms with Crippen molar-refractivity contribution in [2.24, 2.45) is 5.10 Å². The van der Waals surface area contributed by atoms with Gasteiger partial charge in [0, 0.05) is 18.1 Å². The van der Waals surface area contributed by atoms with Crippen LogP contribution in [0.2, 0.25) is 0 Å². The maximum absolute atomic E-state index is 10.9. The zero-order valence-electron chi connectivity index (χ0n) is 11.8. The fraction of sp³-hybridized carbons (Fsp3) is 0.250. The molecule has 1 aromatic heterocycles. The monoisotopic (exact) mass is 323 g/mol. The van der Waals surface area contributed by atoms with E-state index >= 15 is 0 Å². The third-order valence-corrected chi connectivity index (χ3v) is 3.13. The number of ether oxygens (including phenoxy) is 1. The number of nitro benzene ring substituents is 1. The van der Waals surface area contributed by atoms with Gasteiger partial charge < -0.3 is 9.84 Å². The molecule has 0 amide bonds. The van der Waals surface area contributed by atoms with Crippen LogP contribution in [0.4, 0.5) is 5.69 Å². The number of aromatic amines is 1. The van der Waals surface area contributed by atoms with Gasteiger partial charge in [0.05, 0.1) is 24.3 Å². The number of aromatic nitrogens is 3. The summed E-state index contributed by atoms with van der Waals surface area (Å²) in [6.07, 6.45) is 1.85. The van der Waals surface area contributed by atoms with Crippen molar-refractivity contribution in [3.05, 3.63) is 38.4 Å². The standard InChI is InChI=1S/C12H13N5O4S/c1-3-10-14-15-12(22)16(10)13-6-7-4-8(17(19)20)5-9(21-2)11(7)18/h4-6,18H,3H2,1-2H3,(H,15,22)/b13-6+. The average molecular weight is 323 g/mol. The lowest BCUT2D eigenvalue weighted by Gasteiger charge is -2.06. The van der Waals surface area contributed by atoms with Gasteiger partial charge in [0.25, 0.3) is 5.69 Å². The van der Waals surface area contributed by atoms with Crippen molar-refractivity contribution >= 4 is 24.1 Å². The predicted octanol–water partition coefficient (Wildman–Crippen LogP) is 2.01. The quantitative estimate of drug-likeness (QED) is 0.376. The Labute approximate surface area is 130 Å². The molecule has 116 valence electrons. The van der Waals surface area contributed by atoms with Gasteiger partial charge in [0.2, 0.25) is 4.77 Å². The Hall–Kier alpha value is -2.75. The van der Waals surface area contributed by atoms with E-state index in [2.05, 4.69) is 15.3 Å². The molecular formula is C12H13N5O4S. The van der Waals surface area contributed by atoms with E-state index in [1.165, 1.54) is 24.1 Å². The molecule has 0 aliphatic heterocycles. The summed E-state index contributed by atoms with van der Waals surface area (Å²) in [5.41, 5.74) is -0.0844. The lowest BCUT2D eigenvalue weighted by atomic mass is 10.2. The van der Waals surface area contributed by atoms with Gasteiger partial charge in [0.1, 0.15) is 0 Å². The van der Waals surface area contributed by atoms with E-state index in [0.29, 0.717) is 12.2 Å². The Balaban J connectivity index is 2.50. The minimum Gasteiger partial charge on any atom is -0.504 e. The van der Waals surface area contributed by atoms with Crippen molar-refractivity contribution in [2.45, 2.75) is 13.3 Å². The highest BCUT2D eigenvalue weighted by atomic mass is 32.1. The number of nitrogens with zero attached hydrogens (tertiary/aromatic N) is 4. The van der Waals surface area contributed by atoms with Crippen LogP contribution in [-0.2, 0) is 6.42 Å². The van der Waals surface area contributed by atoms with Gasteiger partial charge in [-0.1, -0.05) is 6.92 Å². The predicted molar refractivity (Wildman–Crippen MR) is 81.1 cm³/mol. The Kier molecular flexibility index (Phi) is 4.51. The van der Waals surface area contributed by atoms with E-state index in [-0.39, 0.29) is 27.5 Å². The van der Waals surface area contributed by atoms with E-state index in [0.717, 1.165) is 6.07 Å². The van der Waals surface area contributed by atoms with Crippen molar-refractivity contribution in [1.82, 2.24) is 14.9 Å². The first kappa shape index (κ1) is 15.6. The number of phenolic OH excluding ortho intramolecular Hbond substituents is 1. The number of methoxy groups -OCH3 is 1. The number of nitro groups is 1. The second kappa shape index (κ2) is 6.35. The van der Waals surface area contributed by atoms with E-state index in [1.54, 1.807) is 0 Å². The first-order valence-corrected chi connectivity index (χ1v) is 6.64. The number of rotatable bonds is 5. The molecule has 0 spiro atoms. The summed E-state index contributed by atoms with van der Waals surface area (Å²) in [7, 11) is 1.31. The molecule has 1 heterocycles. The molecule has 22 heavy (non-hydrogen) atoms. The topological polar surface area (TPSA) is 119 Å². The largest absolute Gasteiger partial charge is 0.504 e. The minimum absolute atomic E-state index is 0.0119. The van der Waals surface area contributed by atoms with Crippen molar-refractivity contribution in [2.75, 3.05) is 7.11 Å². The molecule has 10 heteroatoms. The molecule has 0 aliphatic rings. The molecule has 0 aliphatic carbocycles. The van der Waals surface area contributed by atoms with Crippen LogP contribution < -0.4 is 4.74 Å². The number of H-pyrrole nitrogens is 1. The summed E-state index contributed by atoms with van der Waals surface area (Å²) >= 11 is 5.04. The fourth-order valence-corrected chi connectivity index (χ4v) is 1.96. The van der Waals surface area contributed by atoms with Crippen LogP contribution in [-0.4, -0.2) is 38.2 Å². The third kappa shape index (κ3) is 2.96. The number of aromatic hydroxyl groups is 1. The summed E-state index contributed by atoms with van der Waals surface area (Å²) in [6.45, 7) is 1.88. The number of nitrogens with one attached hydrogen (secondary N) is 1. The number of phenols is 1. The lowest BCUT2D eigenvalue weighted by molar-refractivity contribution is -0.385. The second-order valence-electron chi connectivity index (χ2n) is 4.20. The summed E-state index contributed by atoms with van der Waals surface area (Å²) in [6, 6.07) is 2.32. The van der Waals surface area contributed by atoms with Crippen LogP contribution in [0.3, 0.4) is 0 Å². The second-order valence-corrected chi connectivity index (χ2v) is 4.58. The molecule has 0 atom stereocenters. The molecule has 0 saturated heterocycles. The Morgan fingerprint density at radius 3 is 2.95 bits per heavy atom. The molecule has 2 N–H and O–H groups in total. The molecule has 0 saturated carbocycles. The smallest absolute Gasteiger partial charge is 0.274 e. The Morgan fingerprint density at radius 2 is 2.36 bits per heavy atom. The van der Waals surface area contributed by atoms with E-state index in [4.69, 9.17) is 17.0 Å². The number of benzene rings is 1. The summed E-state index contributed by atoms with van der Waals surface area (Å²) < 4.78 is 6.58. The van der Waals surface area contributed by atoms with E-state index in [9.17, 15) is 15.2 Å². The van der Waals surface area contributed by atoms with Crippen LogP contribution >= 0.6 is 12.2 Å². The highest BCUT2D eigenvalue weighted by Gasteiger charge is 2.16. The molecule has 0 radical (unpaired) electrons. The van der Waals surface area contributed by atoms with Gasteiger partial charge in [-0.2, -0.15) is 14.9 Å². The lowest BCUT2D eigenvalue weighted by Crippen LogP contribution is -1.99. The highest BCUT2D eigenvalue weighted by molar-refractivity contribution is 7.71. The van der Waals surface area contributed by atoms with Crippen molar-refractivity contribution in [1.29, 1.82) is 0 Å². The van der Waals surface area contributed by atoms with E-state index in [1.807, 2.05) is 6.92 Å². The van der Waals surface area contributed by atoms with Crippen LogP contribution in [0.15, 0.2) is 17.2 Å². The zero-order valence-corrected chi connectivity index (χ0v) is 12.6. The third-order valence-electron chi connectivity index (χ3n) is 2.87. The van der Waals surface area contributed by atoms with Gasteiger partial charge >= 0.3 is 0 Å². The number of hydrogen-bond acceptors (Lipinski definition) is 7. The van der Waals surface area contributed by atoms with Gasteiger partial charge in [-0.25, -0.2) is 0 Å². The normalized spacial score (nSPS) is 11.0. The molecule has 0 fully saturated rings. The van der Waals surface area contributed by atoms with Crippen molar-refractivity contribution in [3.8, 4) is 11.5 Å².